The first-order valence-corrected chi connectivity index (χ1v) is 42.9. The molecular formula is C91H111Br2F3N26O7. The number of anilines is 9. The van der Waals surface area contributed by atoms with Crippen LogP contribution in [0.3, 0.4) is 0 Å². The lowest BCUT2D eigenvalue weighted by molar-refractivity contribution is -0.115. The number of nitrogens with one attached hydrogen (secondary N) is 3. The molecule has 0 aliphatic rings. The first kappa shape index (κ1) is 101. The standard InChI is InChI=1S/C23H27N5O2.C20H19N5O.C17H25BrN6O.C16H22BrN5O2.C15H18F3N5O/c1-14(2)19-12-26-17(10-20(29)16-6-8-18(9-7-16)28(4)5)11-21(19)30-22-13-25-15(3)27-23(22)24;1-13(2)17-11-24-16(5-4-15-6-8-22-9-7-15)10-18(17)26-19-12-23-14(3)25-20(19)21;1-5-24(4)7-6-20-16-14(10-22-17(19)23-16)25-13-8-15(18)21-9-12(13)11(2)3;1-4-10(8-23)21-15-13(7-20-16(18)22-15)24-12-5-14(17)19-6-11(12)9(2)3;1-8(2)10-5-21-13(22-7-15(16,17)18)4-11(10)24-12-6-20-9(3)23-14(12)19/h6-9,11-14H,10H2,1-5H3,(H2,24,25,27);6-13H,1-3H3,(H2,21,23,25);8-11H,5-7H2,1-4H3,(H3,19,20,22,23);5-7,9-10,23H,4,8H2,1-3H3,(H3,18,20,21,22);4-6,8H,7H2,1-3H3,(H,21,22)(H2,19,20,23). The van der Waals surface area contributed by atoms with Gasteiger partial charge in [-0.1, -0.05) is 89.0 Å². The van der Waals surface area contributed by atoms with E-state index in [0.29, 0.717) is 107 Å². The van der Waals surface area contributed by atoms with E-state index in [1.165, 1.54) is 24.7 Å². The number of halogens is 5. The Morgan fingerprint density at radius 3 is 1.35 bits per heavy atom. The molecule has 0 saturated carbocycles. The number of alkyl halides is 3. The lowest BCUT2D eigenvalue weighted by Gasteiger charge is -2.19. The molecule has 0 bridgehead atoms. The highest BCUT2D eigenvalue weighted by Crippen LogP contribution is 2.40. The fourth-order valence-electron chi connectivity index (χ4n) is 11.5. The molecule has 129 heavy (non-hydrogen) atoms. The van der Waals surface area contributed by atoms with Gasteiger partial charge in [0.15, 0.2) is 63.6 Å². The highest BCUT2D eigenvalue weighted by atomic mass is 79.9. The molecule has 1 aromatic carbocycles. The number of pyridine rings is 6. The van der Waals surface area contributed by atoms with Gasteiger partial charge < -0.3 is 83.2 Å². The predicted octanol–water partition coefficient (Wildman–Crippen LogP) is 18.1. The Labute approximate surface area is 766 Å². The highest BCUT2D eigenvalue weighted by Gasteiger charge is 2.28. The second-order valence-corrected chi connectivity index (χ2v) is 32.6. The number of hydrogen-bond acceptors (Lipinski definition) is 33. The van der Waals surface area contributed by atoms with Gasteiger partial charge in [0.25, 0.3) is 0 Å². The Bertz CT molecular complexity index is 5760. The quantitative estimate of drug-likeness (QED) is 0.0115. The van der Waals surface area contributed by atoms with E-state index in [1.807, 2.05) is 94.5 Å². The SMILES string of the molecule is CCC(CO)Nc1nc(N)ncc1Oc1cc(Br)ncc1C(C)C.CCN(C)CCNc1nc(N)ncc1Oc1cc(Br)ncc1C(C)C.Cc1ncc(Oc2cc(C#Cc3ccncc3)ncc2C(C)C)c(N)n1.Cc1ncc(Oc2cc(CC(=O)c3ccc(N(C)C)cc3)ncc2C(C)C)c(N)n1.Cc1ncc(Oc2cc(NCC(F)(F)F)ncc2C(C)C)c(N)n1. The number of benzene rings is 1. The van der Waals surface area contributed by atoms with Crippen LogP contribution >= 0.6 is 31.9 Å². The van der Waals surface area contributed by atoms with Gasteiger partial charge in [-0.2, -0.15) is 23.1 Å². The first-order valence-electron chi connectivity index (χ1n) is 41.3. The van der Waals surface area contributed by atoms with E-state index in [4.69, 9.17) is 52.4 Å². The number of ketones is 1. The number of aliphatic hydroxyl groups is 1. The average Bonchev–Trinajstić information content (AvgIpc) is 1.56. The number of carbonyl (C=O) groups excluding carboxylic acids is 1. The third-order valence-corrected chi connectivity index (χ3v) is 19.7. The summed E-state index contributed by atoms with van der Waals surface area (Å²) in [7, 11) is 5.99. The van der Waals surface area contributed by atoms with Gasteiger partial charge in [-0.3, -0.25) is 14.8 Å². The lowest BCUT2D eigenvalue weighted by atomic mass is 10.0. The van der Waals surface area contributed by atoms with E-state index in [-0.39, 0.29) is 89.5 Å². The molecule has 682 valence electrons. The third-order valence-electron chi connectivity index (χ3n) is 18.8. The summed E-state index contributed by atoms with van der Waals surface area (Å²) >= 11 is 6.75. The molecule has 0 saturated heterocycles. The van der Waals surface area contributed by atoms with Crippen molar-refractivity contribution in [3.8, 4) is 69.3 Å². The van der Waals surface area contributed by atoms with Crippen LogP contribution in [0.5, 0.6) is 57.5 Å². The van der Waals surface area contributed by atoms with Crippen molar-refractivity contribution in [2.24, 2.45) is 0 Å². The Kier molecular flexibility index (Phi) is 38.0. The van der Waals surface area contributed by atoms with E-state index in [0.717, 1.165) is 70.9 Å². The monoisotopic (exact) mass is 1890 g/mol. The first-order chi connectivity index (χ1) is 61.3. The number of nitrogens with two attached hydrogens (primary N) is 5. The van der Waals surface area contributed by atoms with E-state index in [1.54, 1.807) is 82.5 Å². The van der Waals surface area contributed by atoms with E-state index in [9.17, 15) is 23.1 Å². The summed E-state index contributed by atoms with van der Waals surface area (Å²) in [6.45, 7) is 31.1. The number of likely N-dealkylation sites (N-methyl/N-ethyl adjacent to an activating group) is 1. The van der Waals surface area contributed by atoms with Crippen molar-refractivity contribution in [1.29, 1.82) is 0 Å². The second kappa shape index (κ2) is 48.5. The van der Waals surface area contributed by atoms with E-state index >= 15 is 0 Å². The number of aliphatic hydroxyl groups excluding tert-OH is 1. The molecule has 0 aliphatic carbocycles. The van der Waals surface area contributed by atoms with Gasteiger partial charge in [0, 0.05) is 146 Å². The minimum atomic E-state index is -4.34. The van der Waals surface area contributed by atoms with Crippen LogP contribution in [0.2, 0.25) is 0 Å². The number of aromatic nitrogens is 16. The topological polar surface area (TPSA) is 462 Å². The van der Waals surface area contributed by atoms with Crippen LogP contribution in [0.1, 0.15) is 192 Å². The summed E-state index contributed by atoms with van der Waals surface area (Å²) in [4.78, 5) is 83.4. The maximum atomic E-state index is 12.7. The summed E-state index contributed by atoms with van der Waals surface area (Å²) in [6, 6.07) is 19.7. The molecule has 0 spiro atoms. The van der Waals surface area contributed by atoms with E-state index in [2.05, 4.69) is 214 Å². The van der Waals surface area contributed by atoms with Crippen LogP contribution in [-0.4, -0.2) is 162 Å². The molecular weight excluding hydrogens is 1790 g/mol. The normalized spacial score (nSPS) is 11.2. The summed E-state index contributed by atoms with van der Waals surface area (Å²) in [5.74, 6) is 15.9. The van der Waals surface area contributed by atoms with Crippen LogP contribution < -0.4 is 73.2 Å². The van der Waals surface area contributed by atoms with Gasteiger partial charge in [-0.25, -0.2) is 59.8 Å². The molecule has 0 radical (unpaired) electrons. The Morgan fingerprint density at radius 2 is 0.907 bits per heavy atom. The number of rotatable bonds is 30. The molecule has 11 heterocycles. The smallest absolute Gasteiger partial charge is 0.405 e. The summed E-state index contributed by atoms with van der Waals surface area (Å²) in [5.41, 5.74) is 37.5. The molecule has 12 aromatic rings. The number of hydrogen-bond donors (Lipinski definition) is 9. The number of Topliss-reactive ketones (excluding diaryl/α,β-unsaturated/α-hetero) is 1. The predicted molar refractivity (Wildman–Crippen MR) is 504 cm³/mol. The Hall–Kier alpha value is -13.4. The van der Waals surface area contributed by atoms with Crippen molar-refractivity contribution in [1.82, 2.24) is 84.6 Å². The number of carbonyl (C=O) groups is 1. The summed E-state index contributed by atoms with van der Waals surface area (Å²) in [5, 5.41) is 18.0. The van der Waals surface area contributed by atoms with Crippen LogP contribution in [0.4, 0.5) is 65.7 Å². The minimum Gasteiger partial charge on any atom is -0.451 e. The van der Waals surface area contributed by atoms with Crippen molar-refractivity contribution in [2.75, 3.05) is 103 Å². The van der Waals surface area contributed by atoms with Crippen molar-refractivity contribution in [2.45, 2.75) is 159 Å². The fraction of sp³-hybridized carbons (Fsp3) is 0.352. The number of ether oxygens (including phenoxy) is 5. The van der Waals surface area contributed by atoms with Gasteiger partial charge in [0.05, 0.1) is 55.7 Å². The zero-order chi connectivity index (χ0) is 94.3. The molecule has 1 atom stereocenters. The van der Waals surface area contributed by atoms with Crippen LogP contribution in [0, 0.1) is 32.6 Å². The number of nitrogen functional groups attached to an aromatic ring is 5. The zero-order valence-corrected chi connectivity index (χ0v) is 78.6. The van der Waals surface area contributed by atoms with E-state index < -0.39 is 12.7 Å². The van der Waals surface area contributed by atoms with Crippen LogP contribution in [0.15, 0.2) is 150 Å². The highest BCUT2D eigenvalue weighted by molar-refractivity contribution is 9.10. The maximum Gasteiger partial charge on any atom is 0.405 e. The molecule has 0 fully saturated rings. The van der Waals surface area contributed by atoms with Gasteiger partial charge >= 0.3 is 6.18 Å². The molecule has 38 heteroatoms. The second-order valence-electron chi connectivity index (χ2n) is 30.9. The number of aryl methyl sites for hydroxylation is 3. The molecule has 12 rings (SSSR count). The van der Waals surface area contributed by atoms with Crippen LogP contribution in [-0.2, 0) is 6.42 Å². The number of nitrogens with zero attached hydrogens (tertiary/aromatic N) is 18. The molecule has 0 aliphatic heterocycles. The molecule has 14 N–H and O–H groups in total. The summed E-state index contributed by atoms with van der Waals surface area (Å²) in [6.07, 6.45) is 16.2. The van der Waals surface area contributed by atoms with Gasteiger partial charge in [0.1, 0.15) is 73.5 Å². The Balaban J connectivity index is 0.000000200. The van der Waals surface area contributed by atoms with Crippen molar-refractivity contribution in [3.05, 3.63) is 218 Å². The third kappa shape index (κ3) is 31.9. The van der Waals surface area contributed by atoms with Crippen LogP contribution in [0.25, 0.3) is 0 Å². The van der Waals surface area contributed by atoms with Crippen molar-refractivity contribution in [3.63, 3.8) is 0 Å². The van der Waals surface area contributed by atoms with Crippen molar-refractivity contribution >= 4 is 90.1 Å². The molecule has 11 aromatic heterocycles. The van der Waals surface area contributed by atoms with Gasteiger partial charge in [-0.05, 0) is 145 Å². The maximum absolute atomic E-state index is 12.7. The zero-order valence-electron chi connectivity index (χ0n) is 75.4. The fourth-order valence-corrected chi connectivity index (χ4v) is 12.1. The Morgan fingerprint density at radius 1 is 0.488 bits per heavy atom. The van der Waals surface area contributed by atoms with Crippen molar-refractivity contribution < 1.29 is 46.8 Å². The molecule has 0 amide bonds. The van der Waals surface area contributed by atoms with Gasteiger partial charge in [0.2, 0.25) is 11.9 Å². The molecule has 1 unspecified atom stereocenters. The largest absolute Gasteiger partial charge is 0.451 e. The lowest BCUT2D eigenvalue weighted by Crippen LogP contribution is -2.25. The van der Waals surface area contributed by atoms with Gasteiger partial charge in [-0.15, -0.1) is 0 Å². The molecule has 33 nitrogen and oxygen atoms in total. The minimum absolute atomic E-state index is 0.00534. The summed E-state index contributed by atoms with van der Waals surface area (Å²) < 4.78 is 68.2. The average molecular weight is 1900 g/mol.